The molecule has 4 rings (SSSR count). The topological polar surface area (TPSA) is 70.6 Å². The Kier molecular flexibility index (Phi) is 6.82. The standard InChI is InChI=1S/C23H30N6O/c1-2-24-23(25-15-19-16-27-29(18-19)20-9-4-3-5-10-20)26-17-21(22-11-8-14-30-22)28-12-6-7-13-28/h3-5,8-11,14,16,18,21H,2,6-7,12-13,15,17H2,1H3,(H2,24,25,26). The van der Waals surface area contributed by atoms with Crippen LogP contribution in [0.2, 0.25) is 0 Å². The van der Waals surface area contributed by atoms with Gasteiger partial charge in [0.15, 0.2) is 5.96 Å². The predicted octanol–water partition coefficient (Wildman–Crippen LogP) is 3.36. The Morgan fingerprint density at radius 2 is 1.97 bits per heavy atom. The highest BCUT2D eigenvalue weighted by atomic mass is 16.3. The molecule has 1 unspecified atom stereocenters. The summed E-state index contributed by atoms with van der Waals surface area (Å²) in [6.07, 6.45) is 8.14. The summed E-state index contributed by atoms with van der Waals surface area (Å²) in [5.41, 5.74) is 2.11. The molecule has 2 N–H and O–H groups in total. The maximum atomic E-state index is 5.72. The van der Waals surface area contributed by atoms with Crippen LogP contribution in [0.25, 0.3) is 5.69 Å². The molecule has 1 saturated heterocycles. The number of para-hydroxylation sites is 1. The van der Waals surface area contributed by atoms with Gasteiger partial charge in [0.05, 0.1) is 30.7 Å². The van der Waals surface area contributed by atoms with Crippen LogP contribution in [0.4, 0.5) is 0 Å². The van der Waals surface area contributed by atoms with E-state index in [1.807, 2.05) is 53.5 Å². The van der Waals surface area contributed by atoms with Crippen molar-refractivity contribution < 1.29 is 4.42 Å². The highest BCUT2D eigenvalue weighted by molar-refractivity contribution is 5.79. The summed E-state index contributed by atoms with van der Waals surface area (Å²) in [5, 5.41) is 11.3. The van der Waals surface area contributed by atoms with E-state index in [4.69, 9.17) is 9.41 Å². The molecule has 0 radical (unpaired) electrons. The van der Waals surface area contributed by atoms with Crippen LogP contribution in [0, 0.1) is 0 Å². The first-order valence-electron chi connectivity index (χ1n) is 10.7. The Bertz CT molecular complexity index is 912. The number of benzene rings is 1. The largest absolute Gasteiger partial charge is 0.468 e. The number of guanidine groups is 1. The average Bonchev–Trinajstić information content (AvgIpc) is 3.56. The van der Waals surface area contributed by atoms with Gasteiger partial charge in [0.1, 0.15) is 5.76 Å². The Morgan fingerprint density at radius 1 is 1.13 bits per heavy atom. The van der Waals surface area contributed by atoms with Crippen molar-refractivity contribution in [2.75, 3.05) is 26.2 Å². The highest BCUT2D eigenvalue weighted by Crippen LogP contribution is 2.24. The third-order valence-corrected chi connectivity index (χ3v) is 5.34. The van der Waals surface area contributed by atoms with Crippen LogP contribution in [0.1, 0.15) is 37.1 Å². The Morgan fingerprint density at radius 3 is 2.70 bits per heavy atom. The first kappa shape index (κ1) is 20.2. The summed E-state index contributed by atoms with van der Waals surface area (Å²) >= 11 is 0. The van der Waals surface area contributed by atoms with E-state index in [1.54, 1.807) is 6.26 Å². The lowest BCUT2D eigenvalue weighted by molar-refractivity contribution is 0.215. The van der Waals surface area contributed by atoms with E-state index >= 15 is 0 Å². The molecule has 1 aliphatic rings. The van der Waals surface area contributed by atoms with E-state index in [9.17, 15) is 0 Å². The van der Waals surface area contributed by atoms with Crippen molar-refractivity contribution >= 4 is 5.96 Å². The zero-order valence-electron chi connectivity index (χ0n) is 17.5. The Labute approximate surface area is 177 Å². The molecule has 1 atom stereocenters. The van der Waals surface area contributed by atoms with Gasteiger partial charge in [-0.25, -0.2) is 9.67 Å². The van der Waals surface area contributed by atoms with Gasteiger partial charge in [0.2, 0.25) is 0 Å². The van der Waals surface area contributed by atoms with Gasteiger partial charge in [0.25, 0.3) is 0 Å². The van der Waals surface area contributed by atoms with E-state index in [-0.39, 0.29) is 6.04 Å². The molecule has 158 valence electrons. The van der Waals surface area contributed by atoms with Crippen molar-refractivity contribution in [1.82, 2.24) is 25.3 Å². The Balaban J connectivity index is 1.40. The summed E-state index contributed by atoms with van der Waals surface area (Å²) in [7, 11) is 0. The van der Waals surface area contributed by atoms with Gasteiger partial charge >= 0.3 is 0 Å². The molecule has 1 aliphatic heterocycles. The third kappa shape index (κ3) is 5.10. The van der Waals surface area contributed by atoms with Crippen LogP contribution < -0.4 is 10.6 Å². The molecule has 0 amide bonds. The second-order valence-corrected chi connectivity index (χ2v) is 7.48. The summed E-state index contributed by atoms with van der Waals surface area (Å²) in [6, 6.07) is 14.3. The zero-order chi connectivity index (χ0) is 20.6. The maximum Gasteiger partial charge on any atom is 0.191 e. The number of aromatic nitrogens is 2. The lowest BCUT2D eigenvalue weighted by Gasteiger charge is -2.26. The van der Waals surface area contributed by atoms with Gasteiger partial charge in [-0.15, -0.1) is 0 Å². The molecular weight excluding hydrogens is 376 g/mol. The van der Waals surface area contributed by atoms with E-state index in [0.717, 1.165) is 49.1 Å². The smallest absolute Gasteiger partial charge is 0.191 e. The summed E-state index contributed by atoms with van der Waals surface area (Å²) in [4.78, 5) is 7.25. The SMILES string of the molecule is CCNC(=NCc1cnn(-c2ccccc2)c1)NCC(c1ccco1)N1CCCC1. The van der Waals surface area contributed by atoms with Crippen molar-refractivity contribution in [2.24, 2.45) is 4.99 Å². The number of aliphatic imine (C=N–C) groups is 1. The van der Waals surface area contributed by atoms with Gasteiger partial charge in [-0.2, -0.15) is 5.10 Å². The first-order chi connectivity index (χ1) is 14.8. The lowest BCUT2D eigenvalue weighted by Crippen LogP contribution is -2.42. The quantitative estimate of drug-likeness (QED) is 0.443. The van der Waals surface area contributed by atoms with E-state index in [2.05, 4.69) is 33.6 Å². The third-order valence-electron chi connectivity index (χ3n) is 5.34. The molecule has 0 saturated carbocycles. The van der Waals surface area contributed by atoms with Crippen molar-refractivity contribution in [3.8, 4) is 5.69 Å². The van der Waals surface area contributed by atoms with Crippen LogP contribution in [-0.2, 0) is 6.54 Å². The minimum Gasteiger partial charge on any atom is -0.468 e. The molecule has 3 heterocycles. The number of hydrogen-bond acceptors (Lipinski definition) is 4. The first-order valence-corrected chi connectivity index (χ1v) is 10.7. The lowest BCUT2D eigenvalue weighted by atomic mass is 10.2. The Hall–Kier alpha value is -3.06. The van der Waals surface area contributed by atoms with Crippen LogP contribution in [0.3, 0.4) is 0 Å². The van der Waals surface area contributed by atoms with Crippen molar-refractivity contribution in [3.05, 3.63) is 72.4 Å². The second-order valence-electron chi connectivity index (χ2n) is 7.48. The number of nitrogens with one attached hydrogen (secondary N) is 2. The fraction of sp³-hybridized carbons (Fsp3) is 0.391. The minimum atomic E-state index is 0.215. The van der Waals surface area contributed by atoms with E-state index in [0.29, 0.717) is 6.54 Å². The van der Waals surface area contributed by atoms with Crippen molar-refractivity contribution in [1.29, 1.82) is 0 Å². The molecule has 0 bridgehead atoms. The van der Waals surface area contributed by atoms with Crippen LogP contribution in [-0.4, -0.2) is 46.8 Å². The fourth-order valence-corrected chi connectivity index (χ4v) is 3.81. The molecule has 2 aromatic heterocycles. The normalized spacial score (nSPS) is 16.0. The van der Waals surface area contributed by atoms with Gasteiger partial charge in [-0.05, 0) is 57.1 Å². The molecule has 1 aromatic carbocycles. The molecule has 0 spiro atoms. The number of likely N-dealkylation sites (tertiary alicyclic amines) is 1. The van der Waals surface area contributed by atoms with E-state index in [1.165, 1.54) is 12.8 Å². The maximum absolute atomic E-state index is 5.72. The van der Waals surface area contributed by atoms with E-state index < -0.39 is 0 Å². The molecular formula is C23H30N6O. The highest BCUT2D eigenvalue weighted by Gasteiger charge is 2.25. The average molecular weight is 407 g/mol. The van der Waals surface area contributed by atoms with Gasteiger partial charge < -0.3 is 15.1 Å². The zero-order valence-corrected chi connectivity index (χ0v) is 17.5. The van der Waals surface area contributed by atoms with Crippen LogP contribution in [0.15, 0.2) is 70.5 Å². The predicted molar refractivity (Wildman–Crippen MR) is 119 cm³/mol. The van der Waals surface area contributed by atoms with Gasteiger partial charge in [-0.3, -0.25) is 4.90 Å². The van der Waals surface area contributed by atoms with Gasteiger partial charge in [-0.1, -0.05) is 18.2 Å². The number of hydrogen-bond donors (Lipinski definition) is 2. The van der Waals surface area contributed by atoms with Crippen molar-refractivity contribution in [2.45, 2.75) is 32.4 Å². The minimum absolute atomic E-state index is 0.215. The van der Waals surface area contributed by atoms with Crippen LogP contribution in [0.5, 0.6) is 0 Å². The molecule has 0 aliphatic carbocycles. The van der Waals surface area contributed by atoms with Gasteiger partial charge in [0, 0.05) is 24.8 Å². The number of furan rings is 1. The number of nitrogens with zero attached hydrogens (tertiary/aromatic N) is 4. The molecule has 3 aromatic rings. The summed E-state index contributed by atoms with van der Waals surface area (Å²) in [6.45, 7) is 6.43. The molecule has 1 fully saturated rings. The molecule has 7 heteroatoms. The summed E-state index contributed by atoms with van der Waals surface area (Å²) < 4.78 is 7.60. The summed E-state index contributed by atoms with van der Waals surface area (Å²) in [5.74, 6) is 1.81. The number of rotatable bonds is 8. The fourth-order valence-electron chi connectivity index (χ4n) is 3.81. The monoisotopic (exact) mass is 406 g/mol. The molecule has 7 nitrogen and oxygen atoms in total. The molecule has 30 heavy (non-hydrogen) atoms. The van der Waals surface area contributed by atoms with Crippen LogP contribution >= 0.6 is 0 Å². The second kappa shape index (κ2) is 10.1. The van der Waals surface area contributed by atoms with Crippen molar-refractivity contribution in [3.63, 3.8) is 0 Å².